The lowest BCUT2D eigenvalue weighted by Crippen LogP contribution is -2.29. The molecular weight excluding hydrogens is 444 g/mol. The van der Waals surface area contributed by atoms with Crippen molar-refractivity contribution in [1.29, 1.82) is 0 Å². The van der Waals surface area contributed by atoms with Gasteiger partial charge in [-0.15, -0.1) is 0 Å². The van der Waals surface area contributed by atoms with Gasteiger partial charge >= 0.3 is 5.69 Å². The van der Waals surface area contributed by atoms with E-state index in [2.05, 4.69) is 9.71 Å². The lowest BCUT2D eigenvalue weighted by Gasteiger charge is -2.16. The average molecular weight is 465 g/mol. The molecule has 0 fully saturated rings. The van der Waals surface area contributed by atoms with E-state index in [1.807, 2.05) is 0 Å². The molecule has 11 heteroatoms. The number of alkyl halides is 2. The van der Waals surface area contributed by atoms with Crippen LogP contribution in [0.3, 0.4) is 0 Å². The van der Waals surface area contributed by atoms with Gasteiger partial charge in [0, 0.05) is 18.3 Å². The SMILES string of the molecule is C[C@@H](NS(=O)(=O)c1ccc(Cn2ccc(=O)[nH]c2=O)cc1)c1cccc(OCC(F)F)c1. The molecule has 3 aromatic rings. The van der Waals surface area contributed by atoms with Crippen LogP contribution >= 0.6 is 0 Å². The summed E-state index contributed by atoms with van der Waals surface area (Å²) in [4.78, 5) is 25.1. The first-order chi connectivity index (χ1) is 15.1. The van der Waals surface area contributed by atoms with Gasteiger partial charge in [-0.05, 0) is 42.3 Å². The zero-order valence-electron chi connectivity index (χ0n) is 17.0. The number of H-pyrrole nitrogens is 1. The second kappa shape index (κ2) is 9.88. The number of nitrogens with one attached hydrogen (secondary N) is 2. The Hall–Kier alpha value is -3.31. The van der Waals surface area contributed by atoms with Gasteiger partial charge in [0.25, 0.3) is 12.0 Å². The number of sulfonamides is 1. The van der Waals surface area contributed by atoms with Crippen LogP contribution in [0.15, 0.2) is 75.3 Å². The van der Waals surface area contributed by atoms with E-state index in [1.165, 1.54) is 41.1 Å². The maximum Gasteiger partial charge on any atom is 0.328 e. The molecule has 1 atom stereocenters. The predicted octanol–water partition coefficient (Wildman–Crippen LogP) is 2.27. The highest BCUT2D eigenvalue weighted by atomic mass is 32.2. The topological polar surface area (TPSA) is 110 Å². The molecule has 3 rings (SSSR count). The highest BCUT2D eigenvalue weighted by Gasteiger charge is 2.19. The van der Waals surface area contributed by atoms with Gasteiger partial charge in [0.2, 0.25) is 10.0 Å². The van der Waals surface area contributed by atoms with Crippen molar-refractivity contribution >= 4 is 10.0 Å². The van der Waals surface area contributed by atoms with Crippen LogP contribution in [0.4, 0.5) is 8.78 Å². The van der Waals surface area contributed by atoms with Gasteiger partial charge in [-0.25, -0.2) is 26.7 Å². The quantitative estimate of drug-likeness (QED) is 0.504. The number of benzene rings is 2. The fourth-order valence-electron chi connectivity index (χ4n) is 2.94. The van der Waals surface area contributed by atoms with Crippen LogP contribution in [0.2, 0.25) is 0 Å². The highest BCUT2D eigenvalue weighted by molar-refractivity contribution is 7.89. The van der Waals surface area contributed by atoms with Gasteiger partial charge in [0.05, 0.1) is 11.4 Å². The first-order valence-electron chi connectivity index (χ1n) is 9.56. The molecule has 32 heavy (non-hydrogen) atoms. The number of nitrogens with zero attached hydrogens (tertiary/aromatic N) is 1. The summed E-state index contributed by atoms with van der Waals surface area (Å²) in [5.41, 5.74) is 0.146. The number of hydrogen-bond donors (Lipinski definition) is 2. The van der Waals surface area contributed by atoms with Crippen molar-refractivity contribution in [2.75, 3.05) is 6.61 Å². The lowest BCUT2D eigenvalue weighted by atomic mass is 10.1. The Kier molecular flexibility index (Phi) is 7.21. The molecule has 0 radical (unpaired) electrons. The molecule has 0 aliphatic heterocycles. The minimum Gasteiger partial charge on any atom is -0.488 e. The minimum atomic E-state index is -3.88. The number of ether oxygens (including phenoxy) is 1. The summed E-state index contributed by atoms with van der Waals surface area (Å²) in [7, 11) is -3.88. The standard InChI is InChI=1S/C21H21F2N3O5S/c1-14(16-3-2-4-17(11-16)31-13-19(22)23)25-32(29,30)18-7-5-15(6-8-18)12-26-10-9-20(27)24-21(26)28/h2-11,14,19,25H,12-13H2,1H3,(H,24,27,28)/t14-/m1/s1. The summed E-state index contributed by atoms with van der Waals surface area (Å²) in [6, 6.07) is 12.8. The van der Waals surface area contributed by atoms with E-state index in [0.717, 1.165) is 0 Å². The summed E-state index contributed by atoms with van der Waals surface area (Å²) >= 11 is 0. The second-order valence-electron chi connectivity index (χ2n) is 7.00. The van der Waals surface area contributed by atoms with E-state index in [9.17, 15) is 26.8 Å². The summed E-state index contributed by atoms with van der Waals surface area (Å²) in [6.07, 6.45) is -1.26. The molecule has 0 aliphatic carbocycles. The van der Waals surface area contributed by atoms with Crippen molar-refractivity contribution in [3.8, 4) is 5.75 Å². The molecular formula is C21H21F2N3O5S. The number of aromatic nitrogens is 2. The Balaban J connectivity index is 1.70. The van der Waals surface area contributed by atoms with Gasteiger partial charge in [0.1, 0.15) is 12.4 Å². The third-order valence-corrected chi connectivity index (χ3v) is 6.11. The van der Waals surface area contributed by atoms with Crippen LogP contribution in [0.25, 0.3) is 0 Å². The zero-order chi connectivity index (χ0) is 23.3. The highest BCUT2D eigenvalue weighted by Crippen LogP contribution is 2.22. The predicted molar refractivity (Wildman–Crippen MR) is 114 cm³/mol. The van der Waals surface area contributed by atoms with Crippen molar-refractivity contribution < 1.29 is 21.9 Å². The van der Waals surface area contributed by atoms with Crippen LogP contribution in [0.5, 0.6) is 5.75 Å². The maximum absolute atomic E-state index is 12.7. The molecule has 0 amide bonds. The largest absolute Gasteiger partial charge is 0.488 e. The Morgan fingerprint density at radius 2 is 1.81 bits per heavy atom. The first kappa shape index (κ1) is 23.4. The van der Waals surface area contributed by atoms with E-state index >= 15 is 0 Å². The van der Waals surface area contributed by atoms with Crippen molar-refractivity contribution in [1.82, 2.24) is 14.3 Å². The molecule has 1 aromatic heterocycles. The van der Waals surface area contributed by atoms with Gasteiger partial charge < -0.3 is 4.74 Å². The third kappa shape index (κ3) is 6.11. The number of hydrogen-bond acceptors (Lipinski definition) is 5. The Bertz CT molecular complexity index is 1290. The molecule has 0 saturated heterocycles. The Morgan fingerprint density at radius 3 is 2.47 bits per heavy atom. The van der Waals surface area contributed by atoms with E-state index in [4.69, 9.17) is 4.74 Å². The molecule has 8 nitrogen and oxygen atoms in total. The fourth-order valence-corrected chi connectivity index (χ4v) is 4.17. The van der Waals surface area contributed by atoms with Crippen LogP contribution in [-0.4, -0.2) is 31.0 Å². The smallest absolute Gasteiger partial charge is 0.328 e. The van der Waals surface area contributed by atoms with Crippen molar-refractivity contribution in [3.63, 3.8) is 0 Å². The summed E-state index contributed by atoms with van der Waals surface area (Å²) in [5.74, 6) is 0.218. The Morgan fingerprint density at radius 1 is 1.09 bits per heavy atom. The first-order valence-corrected chi connectivity index (χ1v) is 11.0. The van der Waals surface area contributed by atoms with E-state index in [-0.39, 0.29) is 17.2 Å². The molecule has 0 saturated carbocycles. The van der Waals surface area contributed by atoms with Crippen LogP contribution in [0, 0.1) is 0 Å². The summed E-state index contributed by atoms with van der Waals surface area (Å²) < 4.78 is 58.9. The van der Waals surface area contributed by atoms with E-state index in [0.29, 0.717) is 11.1 Å². The van der Waals surface area contributed by atoms with Crippen LogP contribution < -0.4 is 20.7 Å². The normalized spacial score (nSPS) is 12.6. The van der Waals surface area contributed by atoms with Gasteiger partial charge in [-0.2, -0.15) is 0 Å². The minimum absolute atomic E-state index is 0.0204. The van der Waals surface area contributed by atoms with E-state index in [1.54, 1.807) is 31.2 Å². The third-order valence-electron chi connectivity index (χ3n) is 4.55. The lowest BCUT2D eigenvalue weighted by molar-refractivity contribution is 0.0818. The van der Waals surface area contributed by atoms with Crippen molar-refractivity contribution in [2.24, 2.45) is 0 Å². The monoisotopic (exact) mass is 465 g/mol. The average Bonchev–Trinajstić information content (AvgIpc) is 2.74. The van der Waals surface area contributed by atoms with Gasteiger partial charge in [-0.3, -0.25) is 14.3 Å². The van der Waals surface area contributed by atoms with Gasteiger partial charge in [0.15, 0.2) is 0 Å². The van der Waals surface area contributed by atoms with Crippen molar-refractivity contribution in [2.45, 2.75) is 30.8 Å². The zero-order valence-corrected chi connectivity index (χ0v) is 17.8. The number of halogens is 2. The van der Waals surface area contributed by atoms with E-state index < -0.39 is 40.3 Å². The number of aromatic amines is 1. The second-order valence-corrected chi connectivity index (χ2v) is 8.71. The summed E-state index contributed by atoms with van der Waals surface area (Å²) in [6.45, 7) is 1.03. The Labute approximate surface area is 182 Å². The maximum atomic E-state index is 12.7. The van der Waals surface area contributed by atoms with Crippen LogP contribution in [-0.2, 0) is 16.6 Å². The molecule has 2 aromatic carbocycles. The van der Waals surface area contributed by atoms with Gasteiger partial charge in [-0.1, -0.05) is 24.3 Å². The molecule has 0 aliphatic rings. The molecule has 1 heterocycles. The molecule has 170 valence electrons. The molecule has 2 N–H and O–H groups in total. The summed E-state index contributed by atoms with van der Waals surface area (Å²) in [5, 5.41) is 0. The molecule has 0 unspecified atom stereocenters. The number of rotatable bonds is 9. The fraction of sp³-hybridized carbons (Fsp3) is 0.238. The molecule has 0 bridgehead atoms. The van der Waals surface area contributed by atoms with Crippen molar-refractivity contribution in [3.05, 3.63) is 92.8 Å². The molecule has 0 spiro atoms. The van der Waals surface area contributed by atoms with Crippen LogP contribution in [0.1, 0.15) is 24.1 Å².